The van der Waals surface area contributed by atoms with Crippen molar-refractivity contribution in [1.29, 1.82) is 0 Å². The number of hydrogen-bond acceptors (Lipinski definition) is 4. The third-order valence-electron chi connectivity index (χ3n) is 2.17. The molecule has 0 heterocycles. The van der Waals surface area contributed by atoms with Crippen LogP contribution in [0.25, 0.3) is 0 Å². The van der Waals surface area contributed by atoms with Gasteiger partial charge in [-0.25, -0.2) is 4.79 Å². The van der Waals surface area contributed by atoms with E-state index in [1.165, 1.54) is 6.07 Å². The van der Waals surface area contributed by atoms with Gasteiger partial charge in [0.15, 0.2) is 6.10 Å². The van der Waals surface area contributed by atoms with Gasteiger partial charge in [0.1, 0.15) is 6.29 Å². The lowest BCUT2D eigenvalue weighted by molar-refractivity contribution is -0.147. The normalized spacial score (nSPS) is 12.1. The maximum Gasteiger partial charge on any atom is 0.337 e. The summed E-state index contributed by atoms with van der Waals surface area (Å²) in [6.07, 6.45) is 0.250. The number of carboxylic acid groups (broad SMARTS) is 1. The molecule has 0 amide bonds. The molecule has 4 nitrogen and oxygen atoms in total. The highest BCUT2D eigenvalue weighted by Crippen LogP contribution is 2.23. The van der Waals surface area contributed by atoms with Gasteiger partial charge in [-0.2, -0.15) is 0 Å². The van der Waals surface area contributed by atoms with Crippen molar-refractivity contribution >= 4 is 24.9 Å². The van der Waals surface area contributed by atoms with E-state index in [1.54, 1.807) is 12.1 Å². The summed E-state index contributed by atoms with van der Waals surface area (Å²) in [4.78, 5) is 21.2. The van der Waals surface area contributed by atoms with E-state index >= 15 is 0 Å². The van der Waals surface area contributed by atoms with Gasteiger partial charge in [-0.05, 0) is 18.1 Å². The zero-order valence-electron chi connectivity index (χ0n) is 8.46. The van der Waals surface area contributed by atoms with E-state index in [0.29, 0.717) is 17.7 Å². The predicted octanol–water partition coefficient (Wildman–Crippen LogP) is 1.22. The van der Waals surface area contributed by atoms with Crippen LogP contribution < -0.4 is 0 Å². The van der Waals surface area contributed by atoms with Crippen molar-refractivity contribution < 1.29 is 19.8 Å². The number of carboxylic acids is 1. The molecule has 1 rings (SSSR count). The standard InChI is InChI=1S/C11H12O4S/c12-5-1-2-7-3-4-8(9(16)6-7)10(13)11(14)15/h3-6,10,13,16H,1-2H2,(H,14,15). The van der Waals surface area contributed by atoms with Crippen LogP contribution in [0.15, 0.2) is 23.1 Å². The maximum absolute atomic E-state index is 10.6. The van der Waals surface area contributed by atoms with Crippen LogP contribution in [-0.4, -0.2) is 22.5 Å². The van der Waals surface area contributed by atoms with Gasteiger partial charge in [-0.1, -0.05) is 12.1 Å². The van der Waals surface area contributed by atoms with Crippen LogP contribution in [0.3, 0.4) is 0 Å². The van der Waals surface area contributed by atoms with Crippen molar-refractivity contribution in [3.8, 4) is 0 Å². The fraction of sp³-hybridized carbons (Fsp3) is 0.273. The van der Waals surface area contributed by atoms with Crippen molar-refractivity contribution in [2.24, 2.45) is 0 Å². The number of rotatable bonds is 5. The molecule has 0 aliphatic heterocycles. The Bertz CT molecular complexity index is 403. The first-order valence-corrected chi connectivity index (χ1v) is 5.17. The van der Waals surface area contributed by atoms with Crippen LogP contribution in [0, 0.1) is 0 Å². The monoisotopic (exact) mass is 240 g/mol. The molecular formula is C11H12O4S. The molecule has 0 saturated heterocycles. The van der Waals surface area contributed by atoms with Gasteiger partial charge in [-0.15, -0.1) is 12.6 Å². The maximum atomic E-state index is 10.6. The Morgan fingerprint density at radius 3 is 2.69 bits per heavy atom. The van der Waals surface area contributed by atoms with Crippen LogP contribution in [0.5, 0.6) is 0 Å². The van der Waals surface area contributed by atoms with E-state index in [2.05, 4.69) is 12.6 Å². The van der Waals surface area contributed by atoms with Gasteiger partial charge in [0.05, 0.1) is 0 Å². The second-order valence-electron chi connectivity index (χ2n) is 3.34. The van der Waals surface area contributed by atoms with E-state index in [4.69, 9.17) is 5.11 Å². The van der Waals surface area contributed by atoms with Crippen molar-refractivity contribution in [2.75, 3.05) is 0 Å². The molecule has 1 aromatic rings. The summed E-state index contributed by atoms with van der Waals surface area (Å²) >= 11 is 4.11. The number of aryl methyl sites for hydroxylation is 1. The first-order chi connectivity index (χ1) is 7.56. The number of aliphatic hydroxyl groups is 1. The first-order valence-electron chi connectivity index (χ1n) is 4.72. The Kier molecular flexibility index (Phi) is 4.52. The summed E-state index contributed by atoms with van der Waals surface area (Å²) in [7, 11) is 0. The van der Waals surface area contributed by atoms with Gasteiger partial charge in [0, 0.05) is 16.9 Å². The summed E-state index contributed by atoms with van der Waals surface area (Å²) in [6.45, 7) is 0. The average molecular weight is 240 g/mol. The Hall–Kier alpha value is -1.33. The number of carbonyl (C=O) groups excluding carboxylic acids is 1. The van der Waals surface area contributed by atoms with E-state index in [1.807, 2.05) is 0 Å². The van der Waals surface area contributed by atoms with E-state index < -0.39 is 12.1 Å². The highest BCUT2D eigenvalue weighted by Gasteiger charge is 2.18. The highest BCUT2D eigenvalue weighted by molar-refractivity contribution is 7.80. The Morgan fingerprint density at radius 1 is 1.50 bits per heavy atom. The molecule has 2 N–H and O–H groups in total. The molecule has 1 atom stereocenters. The van der Waals surface area contributed by atoms with E-state index in [-0.39, 0.29) is 5.56 Å². The van der Waals surface area contributed by atoms with Crippen molar-refractivity contribution in [1.82, 2.24) is 0 Å². The molecule has 5 heteroatoms. The molecule has 0 fully saturated rings. The van der Waals surface area contributed by atoms with Crippen molar-refractivity contribution in [2.45, 2.75) is 23.8 Å². The fourth-order valence-corrected chi connectivity index (χ4v) is 1.70. The van der Waals surface area contributed by atoms with Crippen LogP contribution in [-0.2, 0) is 16.0 Å². The fourth-order valence-electron chi connectivity index (χ4n) is 1.33. The molecule has 0 aliphatic rings. The Labute approximate surface area is 98.3 Å². The van der Waals surface area contributed by atoms with Crippen LogP contribution in [0.2, 0.25) is 0 Å². The summed E-state index contributed by atoms with van der Waals surface area (Å²) < 4.78 is 0. The first kappa shape index (κ1) is 12.7. The number of carbonyl (C=O) groups is 2. The van der Waals surface area contributed by atoms with Gasteiger partial charge in [0.25, 0.3) is 0 Å². The summed E-state index contributed by atoms with van der Waals surface area (Å²) in [6, 6.07) is 4.86. The smallest absolute Gasteiger partial charge is 0.337 e. The lowest BCUT2D eigenvalue weighted by Gasteiger charge is -2.10. The van der Waals surface area contributed by atoms with E-state index in [9.17, 15) is 14.7 Å². The largest absolute Gasteiger partial charge is 0.479 e. The Morgan fingerprint density at radius 2 is 2.19 bits per heavy atom. The number of benzene rings is 1. The lowest BCUT2D eigenvalue weighted by Crippen LogP contribution is -2.11. The number of aliphatic carboxylic acids is 1. The van der Waals surface area contributed by atoms with Gasteiger partial charge < -0.3 is 15.0 Å². The minimum atomic E-state index is -1.56. The molecule has 1 unspecified atom stereocenters. The molecule has 0 aliphatic carbocycles. The summed E-state index contributed by atoms with van der Waals surface area (Å²) in [5.41, 5.74) is 1.14. The Balaban J connectivity index is 2.90. The van der Waals surface area contributed by atoms with Gasteiger partial charge in [-0.3, -0.25) is 0 Å². The number of hydrogen-bond donors (Lipinski definition) is 3. The lowest BCUT2D eigenvalue weighted by atomic mass is 10.0. The highest BCUT2D eigenvalue weighted by atomic mass is 32.1. The topological polar surface area (TPSA) is 74.6 Å². The second-order valence-corrected chi connectivity index (χ2v) is 3.82. The molecule has 0 bridgehead atoms. The number of aliphatic hydroxyl groups excluding tert-OH is 1. The molecule has 1 aromatic carbocycles. The van der Waals surface area contributed by atoms with Crippen LogP contribution >= 0.6 is 12.6 Å². The molecule has 0 spiro atoms. The van der Waals surface area contributed by atoms with Gasteiger partial charge in [0.2, 0.25) is 0 Å². The third kappa shape index (κ3) is 3.08. The molecule has 0 aromatic heterocycles. The SMILES string of the molecule is O=CCCc1ccc(C(O)C(=O)O)c(S)c1. The van der Waals surface area contributed by atoms with Crippen LogP contribution in [0.1, 0.15) is 23.7 Å². The summed E-state index contributed by atoms with van der Waals surface area (Å²) in [5.74, 6) is -1.31. The van der Waals surface area contributed by atoms with E-state index in [0.717, 1.165) is 11.8 Å². The molecule has 16 heavy (non-hydrogen) atoms. The third-order valence-corrected chi connectivity index (χ3v) is 2.56. The predicted molar refractivity (Wildman–Crippen MR) is 60.7 cm³/mol. The molecular weight excluding hydrogens is 228 g/mol. The van der Waals surface area contributed by atoms with Crippen molar-refractivity contribution in [3.63, 3.8) is 0 Å². The van der Waals surface area contributed by atoms with Crippen molar-refractivity contribution in [3.05, 3.63) is 29.3 Å². The summed E-state index contributed by atoms with van der Waals surface area (Å²) in [5, 5.41) is 18.0. The van der Waals surface area contributed by atoms with Crippen LogP contribution in [0.4, 0.5) is 0 Å². The number of thiol groups is 1. The second kappa shape index (κ2) is 5.67. The minimum absolute atomic E-state index is 0.255. The zero-order chi connectivity index (χ0) is 12.1. The molecule has 0 saturated carbocycles. The molecule has 0 radical (unpaired) electrons. The average Bonchev–Trinajstić information content (AvgIpc) is 2.25. The molecule has 86 valence electrons. The van der Waals surface area contributed by atoms with Gasteiger partial charge >= 0.3 is 5.97 Å². The minimum Gasteiger partial charge on any atom is -0.479 e. The quantitative estimate of drug-likeness (QED) is 0.534. The zero-order valence-corrected chi connectivity index (χ0v) is 9.35. The number of aldehydes is 1.